The molecular weight excluding hydrogens is 250 g/mol. The Morgan fingerprint density at radius 1 is 1.35 bits per heavy atom. The summed E-state index contributed by atoms with van der Waals surface area (Å²) >= 11 is 0. The van der Waals surface area contributed by atoms with Crippen LogP contribution in [0, 0.1) is 6.92 Å². The summed E-state index contributed by atoms with van der Waals surface area (Å²) in [6, 6.07) is 3.40. The van der Waals surface area contributed by atoms with E-state index in [1.807, 2.05) is 0 Å². The van der Waals surface area contributed by atoms with Crippen LogP contribution in [0.15, 0.2) is 6.07 Å². The molecule has 3 saturated heterocycles. The highest BCUT2D eigenvalue weighted by molar-refractivity contribution is 5.12. The van der Waals surface area contributed by atoms with Crippen molar-refractivity contribution in [3.05, 3.63) is 17.5 Å². The maximum absolute atomic E-state index is 4.57. The lowest BCUT2D eigenvalue weighted by Crippen LogP contribution is -2.66. The molecule has 5 nitrogen and oxygen atoms in total. The van der Waals surface area contributed by atoms with Gasteiger partial charge in [0.25, 0.3) is 0 Å². The molecule has 0 amide bonds. The normalized spacial score (nSPS) is 30.6. The first-order valence-electron chi connectivity index (χ1n) is 7.88. The van der Waals surface area contributed by atoms with E-state index in [0.29, 0.717) is 12.1 Å². The summed E-state index contributed by atoms with van der Waals surface area (Å²) in [6.07, 6.45) is 1.07. The van der Waals surface area contributed by atoms with Gasteiger partial charge in [-0.3, -0.25) is 14.5 Å². The average Bonchev–Trinajstić information content (AvgIpc) is 2.85. The van der Waals surface area contributed by atoms with Gasteiger partial charge in [0, 0.05) is 63.5 Å². The molecule has 3 fully saturated rings. The molecule has 4 heterocycles. The molecule has 112 valence electrons. The summed E-state index contributed by atoms with van der Waals surface area (Å²) in [5, 5.41) is 8.13. The lowest BCUT2D eigenvalue weighted by Gasteiger charge is -2.50. The fourth-order valence-electron chi connectivity index (χ4n) is 3.73. The Kier molecular flexibility index (Phi) is 4.10. The highest BCUT2D eigenvalue weighted by Crippen LogP contribution is 2.20. The minimum absolute atomic E-state index is 0.513. The predicted molar refractivity (Wildman–Crippen MR) is 81.0 cm³/mol. The highest BCUT2D eigenvalue weighted by Gasteiger charge is 2.36. The first kappa shape index (κ1) is 14.0. The molecule has 0 spiro atoms. The zero-order chi connectivity index (χ0) is 14.1. The smallest absolute Gasteiger partial charge is 0.0596 e. The zero-order valence-electron chi connectivity index (χ0n) is 13.0. The maximum Gasteiger partial charge on any atom is 0.0596 e. The van der Waals surface area contributed by atoms with Crippen molar-refractivity contribution in [2.75, 3.05) is 39.8 Å². The average molecular weight is 277 g/mol. The third kappa shape index (κ3) is 2.62. The monoisotopic (exact) mass is 277 g/mol. The Hall–Kier alpha value is -0.910. The van der Waals surface area contributed by atoms with Gasteiger partial charge in [-0.25, -0.2) is 0 Å². The van der Waals surface area contributed by atoms with E-state index in [4.69, 9.17) is 0 Å². The number of fused-ring (bicyclic) bond motifs is 3. The molecule has 1 N–H and O–H groups in total. The Morgan fingerprint density at radius 2 is 2.10 bits per heavy atom. The first-order valence-corrected chi connectivity index (χ1v) is 7.88. The minimum Gasteiger partial charge on any atom is -0.315 e. The van der Waals surface area contributed by atoms with Gasteiger partial charge < -0.3 is 5.32 Å². The summed E-state index contributed by atoms with van der Waals surface area (Å²) in [7, 11) is 2.10. The van der Waals surface area contributed by atoms with Crippen LogP contribution < -0.4 is 5.32 Å². The molecule has 1 aromatic rings. The molecule has 20 heavy (non-hydrogen) atoms. The number of nitrogens with zero attached hydrogens (tertiary/aromatic N) is 4. The first-order chi connectivity index (χ1) is 9.71. The van der Waals surface area contributed by atoms with Crippen LogP contribution in [0.25, 0.3) is 0 Å². The summed E-state index contributed by atoms with van der Waals surface area (Å²) in [5.41, 5.74) is 2.49. The number of hydrogen-bond acceptors (Lipinski definition) is 4. The summed E-state index contributed by atoms with van der Waals surface area (Å²) in [5.74, 6) is 0. The fourth-order valence-corrected chi connectivity index (χ4v) is 3.73. The van der Waals surface area contributed by atoms with Crippen molar-refractivity contribution in [2.45, 2.75) is 38.9 Å². The van der Waals surface area contributed by atoms with Crippen molar-refractivity contribution in [2.24, 2.45) is 0 Å². The van der Waals surface area contributed by atoms with E-state index in [2.05, 4.69) is 51.9 Å². The summed E-state index contributed by atoms with van der Waals surface area (Å²) < 4.78 is 2.15. The molecule has 2 atom stereocenters. The molecule has 3 aliphatic heterocycles. The molecule has 1 aromatic heterocycles. The SMILES string of the molecule is CCn1nc(C)cc1CC(NC)C1CN2CCN1CC2. The van der Waals surface area contributed by atoms with Gasteiger partial charge >= 0.3 is 0 Å². The molecule has 3 aliphatic rings. The van der Waals surface area contributed by atoms with E-state index >= 15 is 0 Å². The number of aromatic nitrogens is 2. The Labute approximate surface area is 121 Å². The molecule has 2 bridgehead atoms. The third-order valence-corrected chi connectivity index (χ3v) is 4.87. The van der Waals surface area contributed by atoms with Gasteiger partial charge in [0.05, 0.1) is 5.69 Å². The van der Waals surface area contributed by atoms with Crippen molar-refractivity contribution in [1.82, 2.24) is 24.9 Å². The molecule has 5 heteroatoms. The predicted octanol–water partition coefficient (Wildman–Crippen LogP) is 0.342. The standard InChI is InChI=1S/C15H27N5/c1-4-20-13(9-12(2)17-20)10-14(16-3)15-11-18-5-7-19(15)8-6-18/h9,14-16H,4-8,10-11H2,1-3H3. The van der Waals surface area contributed by atoms with Crippen LogP contribution in [0.3, 0.4) is 0 Å². The molecule has 0 saturated carbocycles. The van der Waals surface area contributed by atoms with Gasteiger partial charge in [-0.05, 0) is 27.0 Å². The maximum atomic E-state index is 4.57. The second-order valence-corrected chi connectivity index (χ2v) is 6.10. The van der Waals surface area contributed by atoms with E-state index in [0.717, 1.165) is 18.7 Å². The fraction of sp³-hybridized carbons (Fsp3) is 0.800. The van der Waals surface area contributed by atoms with Crippen molar-refractivity contribution in [3.8, 4) is 0 Å². The Bertz CT molecular complexity index is 447. The molecular formula is C15H27N5. The molecule has 0 aliphatic carbocycles. The van der Waals surface area contributed by atoms with Gasteiger partial charge in [-0.2, -0.15) is 5.10 Å². The number of nitrogens with one attached hydrogen (secondary N) is 1. The van der Waals surface area contributed by atoms with Gasteiger partial charge in [0.2, 0.25) is 0 Å². The van der Waals surface area contributed by atoms with Crippen LogP contribution in [-0.2, 0) is 13.0 Å². The zero-order valence-corrected chi connectivity index (χ0v) is 13.0. The Morgan fingerprint density at radius 3 is 2.65 bits per heavy atom. The van der Waals surface area contributed by atoms with E-state index in [1.54, 1.807) is 0 Å². The summed E-state index contributed by atoms with van der Waals surface area (Å²) in [6.45, 7) is 11.4. The lowest BCUT2D eigenvalue weighted by atomic mass is 9.96. The largest absolute Gasteiger partial charge is 0.315 e. The Balaban J connectivity index is 1.73. The van der Waals surface area contributed by atoms with E-state index in [-0.39, 0.29) is 0 Å². The van der Waals surface area contributed by atoms with Crippen molar-refractivity contribution < 1.29 is 0 Å². The highest BCUT2D eigenvalue weighted by atomic mass is 15.4. The van der Waals surface area contributed by atoms with E-state index in [1.165, 1.54) is 38.4 Å². The lowest BCUT2D eigenvalue weighted by molar-refractivity contribution is -0.00228. The van der Waals surface area contributed by atoms with Crippen molar-refractivity contribution in [3.63, 3.8) is 0 Å². The quantitative estimate of drug-likeness (QED) is 0.842. The van der Waals surface area contributed by atoms with Crippen molar-refractivity contribution in [1.29, 1.82) is 0 Å². The van der Waals surface area contributed by atoms with Crippen LogP contribution in [0.4, 0.5) is 0 Å². The number of rotatable bonds is 5. The third-order valence-electron chi connectivity index (χ3n) is 4.87. The number of piperazine rings is 3. The molecule has 0 radical (unpaired) electrons. The van der Waals surface area contributed by atoms with Gasteiger partial charge in [0.1, 0.15) is 0 Å². The van der Waals surface area contributed by atoms with E-state index < -0.39 is 0 Å². The van der Waals surface area contributed by atoms with Gasteiger partial charge in [-0.15, -0.1) is 0 Å². The molecule has 2 unspecified atom stereocenters. The molecule has 4 rings (SSSR count). The second-order valence-electron chi connectivity index (χ2n) is 6.10. The number of aryl methyl sites for hydroxylation is 2. The minimum atomic E-state index is 0.513. The van der Waals surface area contributed by atoms with Crippen LogP contribution in [0.5, 0.6) is 0 Å². The number of likely N-dealkylation sites (N-methyl/N-ethyl adjacent to an activating group) is 1. The van der Waals surface area contributed by atoms with Crippen LogP contribution >= 0.6 is 0 Å². The summed E-state index contributed by atoms with van der Waals surface area (Å²) in [4.78, 5) is 5.28. The topological polar surface area (TPSA) is 36.3 Å². The molecule has 0 aromatic carbocycles. The number of hydrogen-bond donors (Lipinski definition) is 1. The van der Waals surface area contributed by atoms with Gasteiger partial charge in [-0.1, -0.05) is 0 Å². The van der Waals surface area contributed by atoms with E-state index in [9.17, 15) is 0 Å². The van der Waals surface area contributed by atoms with Gasteiger partial charge in [0.15, 0.2) is 0 Å². The second kappa shape index (κ2) is 5.84. The van der Waals surface area contributed by atoms with Crippen LogP contribution in [-0.4, -0.2) is 71.4 Å². The van der Waals surface area contributed by atoms with Crippen LogP contribution in [0.2, 0.25) is 0 Å². The van der Waals surface area contributed by atoms with Crippen molar-refractivity contribution >= 4 is 0 Å². The van der Waals surface area contributed by atoms with Crippen LogP contribution in [0.1, 0.15) is 18.3 Å².